The third-order valence-electron chi connectivity index (χ3n) is 6.46. The van der Waals surface area contributed by atoms with Gasteiger partial charge in [0.25, 0.3) is 5.91 Å². The topological polar surface area (TPSA) is 72.1 Å². The van der Waals surface area contributed by atoms with Gasteiger partial charge in [0, 0.05) is 36.2 Å². The summed E-state index contributed by atoms with van der Waals surface area (Å²) < 4.78 is 17.7. The molecule has 192 valence electrons. The molecule has 5 rings (SSSR count). The molecular weight excluding hydrogens is 478 g/mol. The Morgan fingerprint density at radius 1 is 0.947 bits per heavy atom. The van der Waals surface area contributed by atoms with Gasteiger partial charge in [-0.1, -0.05) is 60.2 Å². The zero-order valence-corrected chi connectivity index (χ0v) is 21.6. The molecule has 0 fully saturated rings. The second-order valence-electron chi connectivity index (χ2n) is 9.26. The van der Waals surface area contributed by atoms with Gasteiger partial charge in [-0.15, -0.1) is 0 Å². The number of fused-ring (bicyclic) bond motifs is 1. The van der Waals surface area contributed by atoms with E-state index in [1.54, 1.807) is 37.3 Å². The molecule has 6 nitrogen and oxygen atoms in total. The van der Waals surface area contributed by atoms with Crippen molar-refractivity contribution in [3.05, 3.63) is 113 Å². The maximum absolute atomic E-state index is 13.8. The summed E-state index contributed by atoms with van der Waals surface area (Å²) in [7, 11) is 3.34. The van der Waals surface area contributed by atoms with Gasteiger partial charge in [0.2, 0.25) is 0 Å². The van der Waals surface area contributed by atoms with Crippen LogP contribution in [0.2, 0.25) is 0 Å². The maximum Gasteiger partial charge on any atom is 0.258 e. The summed E-state index contributed by atoms with van der Waals surface area (Å²) in [5.74, 6) is 1.62. The highest BCUT2D eigenvalue weighted by atomic mass is 16.5. The zero-order chi connectivity index (χ0) is 26.6. The summed E-state index contributed by atoms with van der Waals surface area (Å²) in [6.45, 7) is 2.81. The van der Waals surface area contributed by atoms with Crippen LogP contribution in [-0.2, 0) is 13.2 Å². The Labute approximate surface area is 221 Å². The van der Waals surface area contributed by atoms with Crippen molar-refractivity contribution in [2.45, 2.75) is 20.1 Å². The number of nitrogens with zero attached hydrogens (tertiary/aromatic N) is 1. The van der Waals surface area contributed by atoms with Gasteiger partial charge in [-0.3, -0.25) is 4.79 Å². The minimum Gasteiger partial charge on any atom is -0.508 e. The van der Waals surface area contributed by atoms with Crippen LogP contribution in [0, 0.1) is 6.92 Å². The first kappa shape index (κ1) is 25.0. The number of rotatable bonds is 8. The van der Waals surface area contributed by atoms with Gasteiger partial charge < -0.3 is 23.9 Å². The van der Waals surface area contributed by atoms with Gasteiger partial charge in [-0.25, -0.2) is 0 Å². The molecule has 0 radical (unpaired) electrons. The van der Waals surface area contributed by atoms with Crippen LogP contribution in [-0.4, -0.2) is 30.1 Å². The van der Waals surface area contributed by atoms with Gasteiger partial charge in [0.1, 0.15) is 35.2 Å². The van der Waals surface area contributed by atoms with Gasteiger partial charge >= 0.3 is 0 Å². The Bertz CT molecular complexity index is 1570. The monoisotopic (exact) mass is 507 g/mol. The summed E-state index contributed by atoms with van der Waals surface area (Å²) in [5.41, 5.74) is 4.84. The number of carbonyl (C=O) groups excluding carboxylic acids is 1. The van der Waals surface area contributed by atoms with E-state index in [0.29, 0.717) is 46.9 Å². The number of methoxy groups -OCH3 is 1. The van der Waals surface area contributed by atoms with Crippen molar-refractivity contribution in [2.24, 2.45) is 0 Å². The fourth-order valence-electron chi connectivity index (χ4n) is 4.41. The lowest BCUT2D eigenvalue weighted by Crippen LogP contribution is -2.26. The van der Waals surface area contributed by atoms with E-state index in [1.165, 1.54) is 5.56 Å². The fraction of sp³-hybridized carbons (Fsp3) is 0.156. The predicted octanol–water partition coefficient (Wildman–Crippen LogP) is 6.97. The molecule has 0 saturated heterocycles. The number of ether oxygens (including phenoxy) is 2. The molecule has 0 spiro atoms. The number of aryl methyl sites for hydroxylation is 1. The van der Waals surface area contributed by atoms with E-state index >= 15 is 0 Å². The SMILES string of the molecule is COc1cc(OCc2ccc(C)cc2)ccc1CN(C)C(=O)c1c(-c2ccccc2)oc2ccc(O)cc12. The standard InChI is InChI=1S/C32H29NO5/c1-21-9-11-22(12-10-21)20-37-26-15-13-24(29(18-26)36-3)19-33(2)32(35)30-27-17-25(34)14-16-28(27)38-31(30)23-7-5-4-6-8-23/h4-18,34H,19-20H2,1-3H3. The van der Waals surface area contributed by atoms with E-state index in [9.17, 15) is 9.90 Å². The molecule has 0 bridgehead atoms. The highest BCUT2D eigenvalue weighted by Crippen LogP contribution is 2.36. The lowest BCUT2D eigenvalue weighted by Gasteiger charge is -2.20. The number of amides is 1. The summed E-state index contributed by atoms with van der Waals surface area (Å²) in [4.78, 5) is 15.4. The van der Waals surface area contributed by atoms with E-state index in [-0.39, 0.29) is 11.7 Å². The van der Waals surface area contributed by atoms with Gasteiger partial charge in [0.05, 0.1) is 12.7 Å². The Morgan fingerprint density at radius 2 is 1.71 bits per heavy atom. The predicted molar refractivity (Wildman–Crippen MR) is 148 cm³/mol. The van der Waals surface area contributed by atoms with Gasteiger partial charge in [-0.05, 0) is 42.8 Å². The summed E-state index contributed by atoms with van der Waals surface area (Å²) in [5, 5.41) is 10.7. The lowest BCUT2D eigenvalue weighted by molar-refractivity contribution is 0.0786. The summed E-state index contributed by atoms with van der Waals surface area (Å²) in [6.07, 6.45) is 0. The van der Waals surface area contributed by atoms with Crippen molar-refractivity contribution in [3.63, 3.8) is 0 Å². The number of hydrogen-bond donors (Lipinski definition) is 1. The summed E-state index contributed by atoms with van der Waals surface area (Å²) >= 11 is 0. The van der Waals surface area contributed by atoms with Crippen LogP contribution in [0.5, 0.6) is 17.2 Å². The molecule has 0 unspecified atom stereocenters. The number of carbonyl (C=O) groups is 1. The van der Waals surface area contributed by atoms with Crippen LogP contribution >= 0.6 is 0 Å². The Hall–Kier alpha value is -4.71. The van der Waals surface area contributed by atoms with Crippen LogP contribution in [0.1, 0.15) is 27.0 Å². The highest BCUT2D eigenvalue weighted by molar-refractivity contribution is 6.11. The highest BCUT2D eigenvalue weighted by Gasteiger charge is 2.25. The van der Waals surface area contributed by atoms with Crippen LogP contribution in [0.3, 0.4) is 0 Å². The molecular formula is C32H29NO5. The van der Waals surface area contributed by atoms with Crippen molar-refractivity contribution in [2.75, 3.05) is 14.2 Å². The molecule has 1 aromatic heterocycles. The Kier molecular flexibility index (Phi) is 7.05. The molecule has 4 aromatic carbocycles. The molecule has 38 heavy (non-hydrogen) atoms. The number of phenols is 1. The molecule has 1 heterocycles. The lowest BCUT2D eigenvalue weighted by atomic mass is 10.0. The molecule has 0 aliphatic heterocycles. The minimum absolute atomic E-state index is 0.0671. The van der Waals surface area contributed by atoms with Crippen LogP contribution < -0.4 is 9.47 Å². The van der Waals surface area contributed by atoms with E-state index in [1.807, 2.05) is 60.7 Å². The van der Waals surface area contributed by atoms with Gasteiger partial charge in [-0.2, -0.15) is 0 Å². The first-order valence-electron chi connectivity index (χ1n) is 12.3. The second kappa shape index (κ2) is 10.7. The number of phenolic OH excluding ortho intramolecular Hbond substituents is 1. The van der Waals surface area contributed by atoms with E-state index in [0.717, 1.165) is 16.7 Å². The minimum atomic E-state index is -0.227. The van der Waals surface area contributed by atoms with Crippen molar-refractivity contribution < 1.29 is 23.8 Å². The van der Waals surface area contributed by atoms with E-state index < -0.39 is 0 Å². The van der Waals surface area contributed by atoms with Crippen molar-refractivity contribution in [1.29, 1.82) is 0 Å². The fourth-order valence-corrected chi connectivity index (χ4v) is 4.41. The average Bonchev–Trinajstić information content (AvgIpc) is 3.31. The zero-order valence-electron chi connectivity index (χ0n) is 21.6. The summed E-state index contributed by atoms with van der Waals surface area (Å²) in [6, 6.07) is 28.1. The molecule has 0 aliphatic rings. The third kappa shape index (κ3) is 5.20. The number of furan rings is 1. The molecule has 6 heteroatoms. The largest absolute Gasteiger partial charge is 0.508 e. The van der Waals surface area contributed by atoms with Crippen molar-refractivity contribution in [3.8, 4) is 28.6 Å². The van der Waals surface area contributed by atoms with Crippen molar-refractivity contribution >= 4 is 16.9 Å². The molecule has 1 amide bonds. The number of aromatic hydroxyl groups is 1. The quantitative estimate of drug-likeness (QED) is 0.245. The first-order chi connectivity index (χ1) is 18.4. The molecule has 1 N–H and O–H groups in total. The normalized spacial score (nSPS) is 10.9. The number of hydrogen-bond acceptors (Lipinski definition) is 5. The molecule has 0 aliphatic carbocycles. The first-order valence-corrected chi connectivity index (χ1v) is 12.3. The smallest absolute Gasteiger partial charge is 0.258 e. The third-order valence-corrected chi connectivity index (χ3v) is 6.46. The average molecular weight is 508 g/mol. The Balaban J connectivity index is 1.39. The molecule has 5 aromatic rings. The van der Waals surface area contributed by atoms with E-state index in [2.05, 4.69) is 19.1 Å². The van der Waals surface area contributed by atoms with Crippen LogP contribution in [0.4, 0.5) is 0 Å². The molecule has 0 atom stereocenters. The van der Waals surface area contributed by atoms with E-state index in [4.69, 9.17) is 13.9 Å². The number of benzene rings is 4. The Morgan fingerprint density at radius 3 is 2.45 bits per heavy atom. The van der Waals surface area contributed by atoms with Gasteiger partial charge in [0.15, 0.2) is 0 Å². The van der Waals surface area contributed by atoms with Crippen molar-refractivity contribution in [1.82, 2.24) is 4.90 Å². The van der Waals surface area contributed by atoms with Crippen LogP contribution in [0.25, 0.3) is 22.3 Å². The van der Waals surface area contributed by atoms with Crippen LogP contribution in [0.15, 0.2) is 95.4 Å². The molecule has 0 saturated carbocycles. The second-order valence-corrected chi connectivity index (χ2v) is 9.26. The maximum atomic E-state index is 13.8.